The SMILES string of the molecule is COCC(O)(CCCN)c1cc(C)c(OC)cc1C. The first-order chi connectivity index (χ1) is 8.98. The van der Waals surface area contributed by atoms with E-state index in [1.165, 1.54) is 0 Å². The molecule has 0 heterocycles. The third-order valence-corrected chi connectivity index (χ3v) is 3.42. The second kappa shape index (κ2) is 6.89. The van der Waals surface area contributed by atoms with E-state index >= 15 is 0 Å². The van der Waals surface area contributed by atoms with Crippen LogP contribution in [0.15, 0.2) is 12.1 Å². The Balaban J connectivity index is 3.18. The van der Waals surface area contributed by atoms with E-state index in [1.54, 1.807) is 14.2 Å². The van der Waals surface area contributed by atoms with Gasteiger partial charge in [0.25, 0.3) is 0 Å². The van der Waals surface area contributed by atoms with Gasteiger partial charge in [0.1, 0.15) is 11.4 Å². The maximum Gasteiger partial charge on any atom is 0.122 e. The lowest BCUT2D eigenvalue weighted by molar-refractivity contribution is -0.0434. The molecule has 0 spiro atoms. The maximum absolute atomic E-state index is 10.9. The zero-order valence-electron chi connectivity index (χ0n) is 12.3. The van der Waals surface area contributed by atoms with Crippen molar-refractivity contribution >= 4 is 0 Å². The average Bonchev–Trinajstić information content (AvgIpc) is 2.39. The minimum atomic E-state index is -0.991. The zero-order valence-corrected chi connectivity index (χ0v) is 12.3. The number of methoxy groups -OCH3 is 2. The summed E-state index contributed by atoms with van der Waals surface area (Å²) in [5, 5.41) is 10.9. The Labute approximate surface area is 115 Å². The van der Waals surface area contributed by atoms with E-state index < -0.39 is 5.60 Å². The van der Waals surface area contributed by atoms with Gasteiger partial charge in [-0.15, -0.1) is 0 Å². The molecule has 0 aliphatic heterocycles. The van der Waals surface area contributed by atoms with Crippen LogP contribution >= 0.6 is 0 Å². The van der Waals surface area contributed by atoms with E-state index in [4.69, 9.17) is 15.2 Å². The first-order valence-corrected chi connectivity index (χ1v) is 6.55. The minimum Gasteiger partial charge on any atom is -0.496 e. The normalized spacial score (nSPS) is 14.2. The van der Waals surface area contributed by atoms with Crippen LogP contribution in [-0.2, 0) is 10.3 Å². The van der Waals surface area contributed by atoms with Gasteiger partial charge in [-0.1, -0.05) is 0 Å². The third kappa shape index (κ3) is 3.69. The van der Waals surface area contributed by atoms with Crippen LogP contribution in [0.3, 0.4) is 0 Å². The zero-order chi connectivity index (χ0) is 14.5. The molecule has 108 valence electrons. The number of benzene rings is 1. The predicted octanol–water partition coefficient (Wildman–Crippen LogP) is 1.88. The molecule has 0 aliphatic rings. The summed E-state index contributed by atoms with van der Waals surface area (Å²) in [5.74, 6) is 0.833. The number of rotatable bonds is 7. The molecule has 1 aromatic rings. The monoisotopic (exact) mass is 267 g/mol. The number of hydrogen-bond donors (Lipinski definition) is 2. The molecule has 1 unspecified atom stereocenters. The van der Waals surface area contributed by atoms with Crippen molar-refractivity contribution in [1.82, 2.24) is 0 Å². The summed E-state index contributed by atoms with van der Waals surface area (Å²) in [6.07, 6.45) is 1.34. The molecule has 0 amide bonds. The number of ether oxygens (including phenoxy) is 2. The van der Waals surface area contributed by atoms with E-state index in [0.717, 1.165) is 28.9 Å². The molecule has 0 aromatic heterocycles. The Hall–Kier alpha value is -1.10. The molecule has 4 nitrogen and oxygen atoms in total. The van der Waals surface area contributed by atoms with Crippen molar-refractivity contribution in [2.45, 2.75) is 32.3 Å². The summed E-state index contributed by atoms with van der Waals surface area (Å²) in [6, 6.07) is 3.93. The predicted molar refractivity (Wildman–Crippen MR) is 76.5 cm³/mol. The minimum absolute atomic E-state index is 0.264. The van der Waals surface area contributed by atoms with Gasteiger partial charge in [-0.25, -0.2) is 0 Å². The van der Waals surface area contributed by atoms with Gasteiger partial charge in [0.15, 0.2) is 0 Å². The molecule has 1 atom stereocenters. The maximum atomic E-state index is 10.9. The van der Waals surface area contributed by atoms with Crippen molar-refractivity contribution in [3.8, 4) is 5.75 Å². The summed E-state index contributed by atoms with van der Waals surface area (Å²) in [7, 11) is 3.25. The standard InChI is InChI=1S/C15H25NO3/c1-11-9-14(19-4)12(2)8-13(11)15(17,10-18-3)6-5-7-16/h8-9,17H,5-7,10,16H2,1-4H3. The van der Waals surface area contributed by atoms with Gasteiger partial charge >= 0.3 is 0 Å². The quantitative estimate of drug-likeness (QED) is 0.792. The average molecular weight is 267 g/mol. The highest BCUT2D eigenvalue weighted by Crippen LogP contribution is 2.33. The number of aliphatic hydroxyl groups is 1. The van der Waals surface area contributed by atoms with Crippen molar-refractivity contribution in [1.29, 1.82) is 0 Å². The molecule has 19 heavy (non-hydrogen) atoms. The Morgan fingerprint density at radius 2 is 1.89 bits per heavy atom. The van der Waals surface area contributed by atoms with Crippen molar-refractivity contribution < 1.29 is 14.6 Å². The smallest absolute Gasteiger partial charge is 0.122 e. The molecule has 0 saturated heterocycles. The molecular weight excluding hydrogens is 242 g/mol. The third-order valence-electron chi connectivity index (χ3n) is 3.42. The van der Waals surface area contributed by atoms with Crippen molar-refractivity contribution in [2.75, 3.05) is 27.4 Å². The van der Waals surface area contributed by atoms with E-state index in [9.17, 15) is 5.11 Å². The van der Waals surface area contributed by atoms with E-state index in [1.807, 2.05) is 26.0 Å². The molecule has 4 heteroatoms. The number of hydrogen-bond acceptors (Lipinski definition) is 4. The van der Waals surface area contributed by atoms with E-state index in [0.29, 0.717) is 13.0 Å². The largest absolute Gasteiger partial charge is 0.496 e. The van der Waals surface area contributed by atoms with Crippen LogP contribution in [0, 0.1) is 13.8 Å². The van der Waals surface area contributed by atoms with Crippen LogP contribution in [0.5, 0.6) is 5.75 Å². The van der Waals surface area contributed by atoms with Crippen LogP contribution in [0.1, 0.15) is 29.5 Å². The van der Waals surface area contributed by atoms with E-state index in [2.05, 4.69) is 0 Å². The highest BCUT2D eigenvalue weighted by molar-refractivity contribution is 5.44. The summed E-state index contributed by atoms with van der Waals surface area (Å²) in [4.78, 5) is 0. The number of nitrogens with two attached hydrogens (primary N) is 1. The molecule has 0 saturated carbocycles. The lowest BCUT2D eigenvalue weighted by atomic mass is 9.85. The van der Waals surface area contributed by atoms with Gasteiger partial charge in [0.2, 0.25) is 0 Å². The van der Waals surface area contributed by atoms with Crippen molar-refractivity contribution in [3.63, 3.8) is 0 Å². The molecule has 0 bridgehead atoms. The van der Waals surface area contributed by atoms with Crippen LogP contribution < -0.4 is 10.5 Å². The lowest BCUT2D eigenvalue weighted by Crippen LogP contribution is -2.33. The second-order valence-corrected chi connectivity index (χ2v) is 4.99. The highest BCUT2D eigenvalue weighted by atomic mass is 16.5. The van der Waals surface area contributed by atoms with Crippen LogP contribution in [0.4, 0.5) is 0 Å². The fourth-order valence-electron chi connectivity index (χ4n) is 2.43. The highest BCUT2D eigenvalue weighted by Gasteiger charge is 2.30. The number of aryl methyl sites for hydroxylation is 2. The molecule has 1 aromatic carbocycles. The van der Waals surface area contributed by atoms with Crippen LogP contribution in [0.25, 0.3) is 0 Å². The van der Waals surface area contributed by atoms with Gasteiger partial charge in [0, 0.05) is 7.11 Å². The fourth-order valence-corrected chi connectivity index (χ4v) is 2.43. The summed E-state index contributed by atoms with van der Waals surface area (Å²) in [6.45, 7) is 4.76. The molecular formula is C15H25NO3. The Morgan fingerprint density at radius 3 is 2.42 bits per heavy atom. The Bertz CT molecular complexity index is 420. The Kier molecular flexibility index (Phi) is 5.79. The summed E-state index contributed by atoms with van der Waals surface area (Å²) < 4.78 is 10.5. The Morgan fingerprint density at radius 1 is 1.21 bits per heavy atom. The van der Waals surface area contributed by atoms with Crippen molar-refractivity contribution in [2.24, 2.45) is 5.73 Å². The molecule has 0 aliphatic carbocycles. The van der Waals surface area contributed by atoms with E-state index in [-0.39, 0.29) is 6.61 Å². The van der Waals surface area contributed by atoms with Gasteiger partial charge in [-0.3, -0.25) is 0 Å². The molecule has 1 rings (SSSR count). The van der Waals surface area contributed by atoms with Crippen molar-refractivity contribution in [3.05, 3.63) is 28.8 Å². The molecule has 3 N–H and O–H groups in total. The van der Waals surface area contributed by atoms with Gasteiger partial charge in [-0.2, -0.15) is 0 Å². The summed E-state index contributed by atoms with van der Waals surface area (Å²) >= 11 is 0. The van der Waals surface area contributed by atoms with Gasteiger partial charge in [-0.05, 0) is 62.1 Å². The molecule has 0 radical (unpaired) electrons. The van der Waals surface area contributed by atoms with Crippen LogP contribution in [0.2, 0.25) is 0 Å². The molecule has 0 fully saturated rings. The van der Waals surface area contributed by atoms with Gasteiger partial charge in [0.05, 0.1) is 13.7 Å². The second-order valence-electron chi connectivity index (χ2n) is 4.99. The lowest BCUT2D eigenvalue weighted by Gasteiger charge is -2.30. The van der Waals surface area contributed by atoms with Crippen LogP contribution in [-0.4, -0.2) is 32.5 Å². The topological polar surface area (TPSA) is 64.7 Å². The first kappa shape index (κ1) is 16.0. The van der Waals surface area contributed by atoms with Gasteiger partial charge < -0.3 is 20.3 Å². The summed E-state index contributed by atoms with van der Waals surface area (Å²) in [5.41, 5.74) is 7.45. The fraction of sp³-hybridized carbons (Fsp3) is 0.600. The first-order valence-electron chi connectivity index (χ1n) is 6.55.